The summed E-state index contributed by atoms with van der Waals surface area (Å²) in [6, 6.07) is 0. The van der Waals surface area contributed by atoms with Crippen LogP contribution in [-0.4, -0.2) is 24.3 Å². The number of carbonyl (C=O) groups is 1. The molecule has 2 aliphatic rings. The predicted octanol–water partition coefficient (Wildman–Crippen LogP) is 0.303. The van der Waals surface area contributed by atoms with Gasteiger partial charge in [-0.25, -0.2) is 4.79 Å². The van der Waals surface area contributed by atoms with Crippen molar-refractivity contribution in [2.24, 2.45) is 4.99 Å². The van der Waals surface area contributed by atoms with Crippen molar-refractivity contribution < 1.29 is 9.53 Å². The molecule has 0 saturated heterocycles. The summed E-state index contributed by atoms with van der Waals surface area (Å²) in [4.78, 5) is 15.2. The van der Waals surface area contributed by atoms with Crippen molar-refractivity contribution in [2.75, 3.05) is 7.11 Å². The normalized spacial score (nSPS) is 17.9. The minimum absolute atomic E-state index is 0.398. The van der Waals surface area contributed by atoms with E-state index in [1.165, 1.54) is 13.3 Å². The van der Waals surface area contributed by atoms with Gasteiger partial charge in [-0.05, 0) is 6.08 Å². The Hall–Kier alpha value is -2.04. The third-order valence-electron chi connectivity index (χ3n) is 1.86. The van der Waals surface area contributed by atoms with Gasteiger partial charge in [-0.15, -0.1) is 0 Å². The van der Waals surface area contributed by atoms with Crippen LogP contribution in [0, 0.1) is 0 Å². The Kier molecular flexibility index (Phi) is 2.06. The number of hydrogen-bond acceptors (Lipinski definition) is 5. The number of nitrogens with zero attached hydrogens (tertiary/aromatic N) is 2. The van der Waals surface area contributed by atoms with Gasteiger partial charge in [-0.3, -0.25) is 10.0 Å². The van der Waals surface area contributed by atoms with E-state index < -0.39 is 5.97 Å². The van der Waals surface area contributed by atoms with Gasteiger partial charge < -0.3 is 10.2 Å². The van der Waals surface area contributed by atoms with Gasteiger partial charge in [0.25, 0.3) is 0 Å². The molecule has 0 spiro atoms. The van der Waals surface area contributed by atoms with Crippen molar-refractivity contribution in [3.8, 4) is 0 Å². The molecule has 5 heteroatoms. The number of hydrazine groups is 1. The summed E-state index contributed by atoms with van der Waals surface area (Å²) >= 11 is 0. The zero-order valence-corrected chi connectivity index (χ0v) is 7.60. The average molecular weight is 191 g/mol. The van der Waals surface area contributed by atoms with Gasteiger partial charge in [0.15, 0.2) is 0 Å². The lowest BCUT2D eigenvalue weighted by molar-refractivity contribution is -0.135. The second-order valence-electron chi connectivity index (χ2n) is 2.74. The van der Waals surface area contributed by atoms with E-state index in [2.05, 4.69) is 15.2 Å². The molecule has 0 aromatic heterocycles. The highest BCUT2D eigenvalue weighted by atomic mass is 16.5. The first-order valence-corrected chi connectivity index (χ1v) is 4.07. The van der Waals surface area contributed by atoms with Crippen LogP contribution in [0.15, 0.2) is 40.9 Å². The van der Waals surface area contributed by atoms with Crippen LogP contribution in [0.4, 0.5) is 0 Å². The lowest BCUT2D eigenvalue weighted by atomic mass is 10.3. The third-order valence-corrected chi connectivity index (χ3v) is 1.86. The number of fused-ring (bicyclic) bond motifs is 1. The fourth-order valence-corrected chi connectivity index (χ4v) is 1.16. The summed E-state index contributed by atoms with van der Waals surface area (Å²) in [5.74, 6) is -0.405. The van der Waals surface area contributed by atoms with Crippen LogP contribution in [-0.2, 0) is 9.53 Å². The molecule has 2 heterocycles. The molecule has 2 rings (SSSR count). The van der Waals surface area contributed by atoms with E-state index in [4.69, 9.17) is 0 Å². The molecule has 0 fully saturated rings. The molecule has 0 radical (unpaired) electrons. The highest BCUT2D eigenvalue weighted by Crippen LogP contribution is 2.14. The molecule has 0 bridgehead atoms. The highest BCUT2D eigenvalue weighted by molar-refractivity contribution is 6.09. The Labute approximate surface area is 81.0 Å². The zero-order valence-electron chi connectivity index (χ0n) is 7.60. The monoisotopic (exact) mass is 191 g/mol. The number of ether oxygens (including phenoxy) is 1. The van der Waals surface area contributed by atoms with Crippen molar-refractivity contribution in [3.05, 3.63) is 35.9 Å². The number of esters is 1. The highest BCUT2D eigenvalue weighted by Gasteiger charge is 2.15. The molecule has 5 nitrogen and oxygen atoms in total. The number of nitrogens with one attached hydrogen (secondary N) is 1. The zero-order chi connectivity index (χ0) is 9.97. The summed E-state index contributed by atoms with van der Waals surface area (Å²) in [5, 5.41) is 1.69. The average Bonchev–Trinajstić information content (AvgIpc) is 2.54. The molecule has 0 aliphatic carbocycles. The Morgan fingerprint density at radius 3 is 3.29 bits per heavy atom. The van der Waals surface area contributed by atoms with Crippen LogP contribution in [0.25, 0.3) is 0 Å². The van der Waals surface area contributed by atoms with Gasteiger partial charge in [0.1, 0.15) is 0 Å². The summed E-state index contributed by atoms with van der Waals surface area (Å²) in [6.07, 6.45) is 8.37. The minimum Gasteiger partial charge on any atom is -0.465 e. The van der Waals surface area contributed by atoms with E-state index in [1.54, 1.807) is 23.6 Å². The summed E-state index contributed by atoms with van der Waals surface area (Å²) in [7, 11) is 1.34. The molecule has 0 aromatic rings. The summed E-state index contributed by atoms with van der Waals surface area (Å²) < 4.78 is 4.60. The fourth-order valence-electron chi connectivity index (χ4n) is 1.16. The van der Waals surface area contributed by atoms with Crippen LogP contribution < -0.4 is 5.43 Å². The van der Waals surface area contributed by atoms with Gasteiger partial charge in [0, 0.05) is 18.6 Å². The molecule has 72 valence electrons. The first-order chi connectivity index (χ1) is 6.81. The van der Waals surface area contributed by atoms with Gasteiger partial charge in [-0.2, -0.15) is 0 Å². The van der Waals surface area contributed by atoms with Gasteiger partial charge in [0.2, 0.25) is 0 Å². The lowest BCUT2D eigenvalue weighted by Gasteiger charge is -2.14. The second kappa shape index (κ2) is 3.37. The Balaban J connectivity index is 2.28. The van der Waals surface area contributed by atoms with Crippen molar-refractivity contribution in [1.29, 1.82) is 0 Å². The van der Waals surface area contributed by atoms with Gasteiger partial charge in [-0.1, -0.05) is 0 Å². The second-order valence-corrected chi connectivity index (χ2v) is 2.74. The third kappa shape index (κ3) is 1.39. The van der Waals surface area contributed by atoms with Crippen LogP contribution in [0.3, 0.4) is 0 Å². The molecule has 0 saturated carbocycles. The number of allylic oxidation sites excluding steroid dienone is 1. The van der Waals surface area contributed by atoms with Crippen LogP contribution >= 0.6 is 0 Å². The van der Waals surface area contributed by atoms with Crippen LogP contribution in [0.1, 0.15) is 0 Å². The van der Waals surface area contributed by atoms with Crippen molar-refractivity contribution in [2.45, 2.75) is 0 Å². The Bertz CT molecular complexity index is 380. The van der Waals surface area contributed by atoms with Crippen LogP contribution in [0.2, 0.25) is 0 Å². The Morgan fingerprint density at radius 2 is 2.50 bits per heavy atom. The standard InChI is InChI=1S/C9H9N3O2/c1-14-9(13)7-4-10-5-8-2-3-11-12(8)6-7/h2-6,11H,1H3. The molecule has 0 unspecified atom stereocenters. The first kappa shape index (κ1) is 8.55. The van der Waals surface area contributed by atoms with E-state index >= 15 is 0 Å². The quantitative estimate of drug-likeness (QED) is 0.606. The number of rotatable bonds is 1. The van der Waals surface area contributed by atoms with E-state index in [-0.39, 0.29) is 0 Å². The van der Waals surface area contributed by atoms with Gasteiger partial charge >= 0.3 is 5.97 Å². The van der Waals surface area contributed by atoms with Gasteiger partial charge in [0.05, 0.1) is 24.6 Å². The van der Waals surface area contributed by atoms with Crippen LogP contribution in [0.5, 0.6) is 0 Å². The smallest absolute Gasteiger partial charge is 0.341 e. The maximum atomic E-state index is 11.2. The Morgan fingerprint density at radius 1 is 1.64 bits per heavy atom. The van der Waals surface area contributed by atoms with E-state index in [9.17, 15) is 4.79 Å². The van der Waals surface area contributed by atoms with Crippen molar-refractivity contribution in [1.82, 2.24) is 10.4 Å². The lowest BCUT2D eigenvalue weighted by Crippen LogP contribution is -2.23. The SMILES string of the molecule is COC(=O)C1=CN2NC=CC2=CN=C1. The van der Waals surface area contributed by atoms with Crippen molar-refractivity contribution >= 4 is 12.2 Å². The molecule has 0 aromatic carbocycles. The molecule has 2 aliphatic heterocycles. The first-order valence-electron chi connectivity index (χ1n) is 4.07. The maximum absolute atomic E-state index is 11.2. The predicted molar refractivity (Wildman–Crippen MR) is 50.8 cm³/mol. The van der Waals surface area contributed by atoms with E-state index in [1.807, 2.05) is 6.08 Å². The van der Waals surface area contributed by atoms with Crippen molar-refractivity contribution in [3.63, 3.8) is 0 Å². The number of aliphatic imine (C=N–C) groups is 1. The number of hydrogen-bond donors (Lipinski definition) is 1. The minimum atomic E-state index is -0.405. The molecular weight excluding hydrogens is 182 g/mol. The summed E-state index contributed by atoms with van der Waals surface area (Å²) in [5.41, 5.74) is 4.20. The molecule has 0 atom stereocenters. The number of carbonyl (C=O) groups excluding carboxylic acids is 1. The van der Waals surface area contributed by atoms with E-state index in [0.717, 1.165) is 5.70 Å². The topological polar surface area (TPSA) is 53.9 Å². The molecule has 14 heavy (non-hydrogen) atoms. The molecule has 0 amide bonds. The fraction of sp³-hybridized carbons (Fsp3) is 0.111. The largest absolute Gasteiger partial charge is 0.465 e. The molecular formula is C9H9N3O2. The number of methoxy groups -OCH3 is 1. The summed E-state index contributed by atoms with van der Waals surface area (Å²) in [6.45, 7) is 0. The maximum Gasteiger partial charge on any atom is 0.341 e. The van der Waals surface area contributed by atoms with E-state index in [0.29, 0.717) is 5.57 Å². The molecule has 1 N–H and O–H groups in total.